The van der Waals surface area contributed by atoms with Crippen molar-refractivity contribution in [2.24, 2.45) is 11.8 Å². The van der Waals surface area contributed by atoms with Crippen LogP contribution in [0.1, 0.15) is 83.0 Å². The van der Waals surface area contributed by atoms with Crippen LogP contribution in [0.5, 0.6) is 0 Å². The van der Waals surface area contributed by atoms with E-state index in [0.29, 0.717) is 19.0 Å². The summed E-state index contributed by atoms with van der Waals surface area (Å²) in [7, 11) is 0. The van der Waals surface area contributed by atoms with E-state index < -0.39 is 0 Å². The highest BCUT2D eigenvalue weighted by molar-refractivity contribution is 9.10. The Morgan fingerprint density at radius 2 is 1.50 bits per heavy atom. The predicted molar refractivity (Wildman–Crippen MR) is 137 cm³/mol. The van der Waals surface area contributed by atoms with Crippen LogP contribution in [0.3, 0.4) is 0 Å². The van der Waals surface area contributed by atoms with Crippen LogP contribution in [-0.2, 0) is 0 Å². The molecule has 2 atom stereocenters. The molecule has 3 aliphatic rings. The highest BCUT2D eigenvalue weighted by Gasteiger charge is 2.35. The summed E-state index contributed by atoms with van der Waals surface area (Å²) < 4.78 is 0.971. The number of benzene rings is 1. The van der Waals surface area contributed by atoms with Crippen molar-refractivity contribution in [3.8, 4) is 0 Å². The van der Waals surface area contributed by atoms with Gasteiger partial charge in [0.1, 0.15) is 0 Å². The summed E-state index contributed by atoms with van der Waals surface area (Å²) in [5.41, 5.74) is 3.38. The average molecular weight is 525 g/mol. The molecule has 180 valence electrons. The number of likely N-dealkylation sites (tertiary alicyclic amines) is 2. The molecule has 0 spiro atoms. The Labute approximate surface area is 211 Å². The number of amides is 2. The third-order valence-corrected chi connectivity index (χ3v) is 8.66. The molecule has 0 unspecified atom stereocenters. The summed E-state index contributed by atoms with van der Waals surface area (Å²) in [4.78, 5) is 35.5. The highest BCUT2D eigenvalue weighted by Crippen LogP contribution is 2.37. The zero-order chi connectivity index (χ0) is 23.7. The van der Waals surface area contributed by atoms with Crippen LogP contribution in [0, 0.1) is 18.8 Å². The number of rotatable bonds is 3. The molecule has 1 aromatic carbocycles. The third-order valence-electron chi connectivity index (χ3n) is 8.13. The molecule has 5 rings (SSSR count). The van der Waals surface area contributed by atoms with Gasteiger partial charge in [-0.3, -0.25) is 14.6 Å². The molecular formula is C28H34BrN3O2. The van der Waals surface area contributed by atoms with Crippen LogP contribution in [0.2, 0.25) is 0 Å². The van der Waals surface area contributed by atoms with Gasteiger partial charge in [0, 0.05) is 47.8 Å². The fourth-order valence-electron chi connectivity index (χ4n) is 6.16. The second kappa shape index (κ2) is 10.2. The third kappa shape index (κ3) is 4.93. The lowest BCUT2D eigenvalue weighted by atomic mass is 9.75. The molecule has 3 fully saturated rings. The van der Waals surface area contributed by atoms with Gasteiger partial charge < -0.3 is 9.80 Å². The molecule has 1 saturated carbocycles. The number of halogens is 1. The van der Waals surface area contributed by atoms with Gasteiger partial charge in [-0.2, -0.15) is 0 Å². The van der Waals surface area contributed by atoms with E-state index in [2.05, 4.69) is 20.8 Å². The largest absolute Gasteiger partial charge is 0.339 e. The van der Waals surface area contributed by atoms with E-state index in [1.165, 1.54) is 25.7 Å². The van der Waals surface area contributed by atoms with Gasteiger partial charge in [-0.25, -0.2) is 0 Å². The predicted octanol–water partition coefficient (Wildman–Crippen LogP) is 5.82. The molecule has 2 aliphatic heterocycles. The molecule has 1 aliphatic carbocycles. The minimum absolute atomic E-state index is 0.0785. The van der Waals surface area contributed by atoms with Crippen molar-refractivity contribution in [3.63, 3.8) is 0 Å². The second-order valence-electron chi connectivity index (χ2n) is 10.3. The van der Waals surface area contributed by atoms with Gasteiger partial charge in [0.05, 0.1) is 11.3 Å². The summed E-state index contributed by atoms with van der Waals surface area (Å²) in [5.74, 6) is 1.91. The van der Waals surface area contributed by atoms with E-state index >= 15 is 0 Å². The van der Waals surface area contributed by atoms with Crippen molar-refractivity contribution in [1.82, 2.24) is 14.8 Å². The van der Waals surface area contributed by atoms with Crippen molar-refractivity contribution in [3.05, 3.63) is 63.4 Å². The Hall–Kier alpha value is -2.21. The van der Waals surface area contributed by atoms with Crippen LogP contribution >= 0.6 is 15.9 Å². The molecule has 2 aromatic rings. The second-order valence-corrected chi connectivity index (χ2v) is 11.2. The first-order valence-corrected chi connectivity index (χ1v) is 13.6. The van der Waals surface area contributed by atoms with Crippen molar-refractivity contribution in [2.75, 3.05) is 26.2 Å². The van der Waals surface area contributed by atoms with E-state index in [0.717, 1.165) is 65.3 Å². The molecule has 3 heterocycles. The maximum Gasteiger partial charge on any atom is 0.255 e. The van der Waals surface area contributed by atoms with E-state index in [9.17, 15) is 9.59 Å². The molecule has 1 aromatic heterocycles. The number of nitrogens with zero attached hydrogens (tertiary/aromatic N) is 3. The molecule has 2 amide bonds. The lowest BCUT2D eigenvalue weighted by molar-refractivity contribution is 0.0517. The van der Waals surface area contributed by atoms with Gasteiger partial charge in [0.25, 0.3) is 11.8 Å². The number of carbonyl (C=O) groups excluding carboxylic acids is 2. The Balaban J connectivity index is 1.28. The number of hydrogen-bond donors (Lipinski definition) is 0. The zero-order valence-corrected chi connectivity index (χ0v) is 21.6. The normalized spacial score (nSPS) is 23.5. The molecule has 5 nitrogen and oxygen atoms in total. The van der Waals surface area contributed by atoms with E-state index in [-0.39, 0.29) is 17.7 Å². The highest BCUT2D eigenvalue weighted by atomic mass is 79.9. The summed E-state index contributed by atoms with van der Waals surface area (Å²) in [5, 5.41) is 0. The van der Waals surface area contributed by atoms with Gasteiger partial charge in [-0.1, -0.05) is 35.2 Å². The summed E-state index contributed by atoms with van der Waals surface area (Å²) >= 11 is 3.43. The number of aromatic nitrogens is 1. The van der Waals surface area contributed by atoms with Crippen LogP contribution in [0.25, 0.3) is 0 Å². The molecule has 34 heavy (non-hydrogen) atoms. The summed E-state index contributed by atoms with van der Waals surface area (Å²) in [6.45, 7) is 5.15. The standard InChI is InChI=1S/C28H34BrN3O2/c1-19-6-11-25(28(34)32-17-12-20-4-2-3-5-23(20)18-32)26(30-19)21-13-15-31(16-14-21)27(33)22-7-9-24(29)10-8-22/h6-11,20-21,23H,2-5,12-18H2,1H3/t20-,23+/m1/s1. The molecule has 2 saturated heterocycles. The quantitative estimate of drug-likeness (QED) is 0.508. The van der Waals surface area contributed by atoms with Gasteiger partial charge in [-0.05, 0) is 80.8 Å². The summed E-state index contributed by atoms with van der Waals surface area (Å²) in [6.07, 6.45) is 8.07. The van der Waals surface area contributed by atoms with Crippen molar-refractivity contribution in [1.29, 1.82) is 0 Å². The Morgan fingerprint density at radius 3 is 2.24 bits per heavy atom. The fraction of sp³-hybridized carbons (Fsp3) is 0.536. The number of hydrogen-bond acceptors (Lipinski definition) is 3. The minimum Gasteiger partial charge on any atom is -0.339 e. The zero-order valence-electron chi connectivity index (χ0n) is 20.0. The van der Waals surface area contributed by atoms with Crippen molar-refractivity contribution >= 4 is 27.7 Å². The number of fused-ring (bicyclic) bond motifs is 1. The Kier molecular flexibility index (Phi) is 7.05. The molecule has 0 radical (unpaired) electrons. The van der Waals surface area contributed by atoms with Crippen LogP contribution in [-0.4, -0.2) is 52.8 Å². The number of carbonyl (C=O) groups is 2. The van der Waals surface area contributed by atoms with Crippen LogP contribution in [0.4, 0.5) is 0 Å². The minimum atomic E-state index is 0.0785. The summed E-state index contributed by atoms with van der Waals surface area (Å²) in [6, 6.07) is 11.5. The lowest BCUT2D eigenvalue weighted by Crippen LogP contribution is -2.45. The number of pyridine rings is 1. The first-order valence-electron chi connectivity index (χ1n) is 12.8. The molecule has 6 heteroatoms. The Bertz CT molecular complexity index is 1050. The van der Waals surface area contributed by atoms with Crippen molar-refractivity contribution in [2.45, 2.75) is 57.8 Å². The number of piperidine rings is 2. The van der Waals surface area contributed by atoms with Crippen molar-refractivity contribution < 1.29 is 9.59 Å². The van der Waals surface area contributed by atoms with Gasteiger partial charge in [-0.15, -0.1) is 0 Å². The van der Waals surface area contributed by atoms with E-state index in [4.69, 9.17) is 4.98 Å². The van der Waals surface area contributed by atoms with Crippen LogP contribution in [0.15, 0.2) is 40.9 Å². The fourth-order valence-corrected chi connectivity index (χ4v) is 6.42. The maximum atomic E-state index is 13.7. The average Bonchev–Trinajstić information content (AvgIpc) is 2.88. The van der Waals surface area contributed by atoms with Gasteiger partial charge in [0.15, 0.2) is 0 Å². The SMILES string of the molecule is Cc1ccc(C(=O)N2CC[C@H]3CCCC[C@H]3C2)c(C2CCN(C(=O)c3ccc(Br)cc3)CC2)n1. The molecular weight excluding hydrogens is 490 g/mol. The topological polar surface area (TPSA) is 53.5 Å². The maximum absolute atomic E-state index is 13.7. The lowest BCUT2D eigenvalue weighted by Gasteiger charge is -2.41. The van der Waals surface area contributed by atoms with E-state index in [1.807, 2.05) is 48.2 Å². The smallest absolute Gasteiger partial charge is 0.255 e. The Morgan fingerprint density at radius 1 is 0.824 bits per heavy atom. The first kappa shape index (κ1) is 23.5. The van der Waals surface area contributed by atoms with E-state index in [1.54, 1.807) is 0 Å². The molecule has 0 N–H and O–H groups in total. The van der Waals surface area contributed by atoms with Gasteiger partial charge in [0.2, 0.25) is 0 Å². The van der Waals surface area contributed by atoms with Gasteiger partial charge >= 0.3 is 0 Å². The number of aryl methyl sites for hydroxylation is 1. The first-order chi connectivity index (χ1) is 16.5. The monoisotopic (exact) mass is 523 g/mol. The molecule has 0 bridgehead atoms. The van der Waals surface area contributed by atoms with Crippen LogP contribution < -0.4 is 0 Å².